The lowest BCUT2D eigenvalue weighted by atomic mass is 10.1. The molecule has 4 heteroatoms. The lowest BCUT2D eigenvalue weighted by Crippen LogP contribution is -2.18. The molecule has 0 atom stereocenters. The van der Waals surface area contributed by atoms with E-state index < -0.39 is 11.8 Å². The van der Waals surface area contributed by atoms with Crippen molar-refractivity contribution in [1.82, 2.24) is 4.90 Å². The molecule has 0 heterocycles. The number of nitrogens with zero attached hydrogens (tertiary/aromatic N) is 1. The molecule has 1 rings (SSSR count). The molecule has 0 aromatic heterocycles. The van der Waals surface area contributed by atoms with Crippen LogP contribution >= 0.6 is 0 Å². The van der Waals surface area contributed by atoms with Gasteiger partial charge in [-0.2, -0.15) is 0 Å². The fourth-order valence-corrected chi connectivity index (χ4v) is 1.60. The molecule has 0 amide bonds. The quantitative estimate of drug-likeness (QED) is 0.836. The summed E-state index contributed by atoms with van der Waals surface area (Å²) in [6.45, 7) is 3.64. The van der Waals surface area contributed by atoms with Crippen LogP contribution in [0, 0.1) is 5.82 Å². The van der Waals surface area contributed by atoms with Gasteiger partial charge in [0, 0.05) is 6.54 Å². The standard InChI is InChI=1S/C12H16FNO2/c1-3-6-14(2)8-9-4-5-10(12(15)16)11(13)7-9/h4-5,7H,3,6,8H2,1-2H3,(H,15,16). The first-order chi connectivity index (χ1) is 7.54. The number of hydrogen-bond acceptors (Lipinski definition) is 2. The smallest absolute Gasteiger partial charge is 0.338 e. The van der Waals surface area contributed by atoms with E-state index in [1.807, 2.05) is 7.05 Å². The SMILES string of the molecule is CCCN(C)Cc1ccc(C(=O)O)c(F)c1. The van der Waals surface area contributed by atoms with Crippen LogP contribution in [0.2, 0.25) is 0 Å². The van der Waals surface area contributed by atoms with E-state index in [0.29, 0.717) is 6.54 Å². The van der Waals surface area contributed by atoms with Crippen LogP contribution in [-0.2, 0) is 6.54 Å². The highest BCUT2D eigenvalue weighted by Crippen LogP contribution is 2.12. The molecule has 1 N–H and O–H groups in total. The van der Waals surface area contributed by atoms with Gasteiger partial charge in [-0.05, 0) is 37.7 Å². The van der Waals surface area contributed by atoms with Crippen molar-refractivity contribution in [1.29, 1.82) is 0 Å². The Labute approximate surface area is 94.5 Å². The molecule has 0 radical (unpaired) electrons. The van der Waals surface area contributed by atoms with E-state index in [9.17, 15) is 9.18 Å². The summed E-state index contributed by atoms with van der Waals surface area (Å²) in [7, 11) is 1.95. The fourth-order valence-electron chi connectivity index (χ4n) is 1.60. The van der Waals surface area contributed by atoms with Gasteiger partial charge in [-0.15, -0.1) is 0 Å². The Morgan fingerprint density at radius 2 is 2.19 bits per heavy atom. The molecule has 1 aromatic rings. The number of rotatable bonds is 5. The third-order valence-electron chi connectivity index (χ3n) is 2.32. The van der Waals surface area contributed by atoms with Crippen molar-refractivity contribution in [3.63, 3.8) is 0 Å². The van der Waals surface area contributed by atoms with Gasteiger partial charge in [0.05, 0.1) is 5.56 Å². The van der Waals surface area contributed by atoms with Crippen molar-refractivity contribution in [3.05, 3.63) is 35.1 Å². The van der Waals surface area contributed by atoms with Crippen LogP contribution in [0.4, 0.5) is 4.39 Å². The Morgan fingerprint density at radius 3 is 2.69 bits per heavy atom. The maximum atomic E-state index is 13.3. The number of hydrogen-bond donors (Lipinski definition) is 1. The van der Waals surface area contributed by atoms with E-state index in [-0.39, 0.29) is 5.56 Å². The van der Waals surface area contributed by atoms with Gasteiger partial charge in [-0.1, -0.05) is 13.0 Å². The number of carbonyl (C=O) groups is 1. The molecule has 0 unspecified atom stereocenters. The molecule has 1 aromatic carbocycles. The van der Waals surface area contributed by atoms with Crippen LogP contribution in [-0.4, -0.2) is 29.6 Å². The lowest BCUT2D eigenvalue weighted by molar-refractivity contribution is 0.0692. The first-order valence-corrected chi connectivity index (χ1v) is 5.25. The number of carboxylic acids is 1. The first-order valence-electron chi connectivity index (χ1n) is 5.25. The molecule has 0 fully saturated rings. The molecule has 0 bridgehead atoms. The van der Waals surface area contributed by atoms with Crippen LogP contribution in [0.15, 0.2) is 18.2 Å². The molecular weight excluding hydrogens is 209 g/mol. The van der Waals surface area contributed by atoms with Crippen LogP contribution in [0.5, 0.6) is 0 Å². The molecule has 3 nitrogen and oxygen atoms in total. The van der Waals surface area contributed by atoms with Crippen molar-refractivity contribution in [3.8, 4) is 0 Å². The minimum atomic E-state index is -1.23. The predicted molar refractivity (Wildman–Crippen MR) is 60.0 cm³/mol. The summed E-state index contributed by atoms with van der Waals surface area (Å²) in [6, 6.07) is 4.25. The zero-order chi connectivity index (χ0) is 12.1. The molecule has 0 aliphatic carbocycles. The molecule has 0 saturated heterocycles. The number of carboxylic acid groups (broad SMARTS) is 1. The zero-order valence-electron chi connectivity index (χ0n) is 9.53. The van der Waals surface area contributed by atoms with E-state index in [4.69, 9.17) is 5.11 Å². The van der Waals surface area contributed by atoms with Crippen LogP contribution in [0.25, 0.3) is 0 Å². The number of halogens is 1. The Bertz CT molecular complexity index is 379. The summed E-state index contributed by atoms with van der Waals surface area (Å²) in [4.78, 5) is 12.7. The van der Waals surface area contributed by atoms with Gasteiger partial charge in [-0.3, -0.25) is 0 Å². The molecule has 0 spiro atoms. The van der Waals surface area contributed by atoms with Crippen LogP contribution in [0.1, 0.15) is 29.3 Å². The topological polar surface area (TPSA) is 40.5 Å². The summed E-state index contributed by atoms with van der Waals surface area (Å²) in [5, 5.41) is 8.67. The third kappa shape index (κ3) is 3.31. The van der Waals surface area contributed by atoms with Crippen molar-refractivity contribution in [2.24, 2.45) is 0 Å². The number of benzene rings is 1. The largest absolute Gasteiger partial charge is 0.478 e. The minimum Gasteiger partial charge on any atom is -0.478 e. The summed E-state index contributed by atoms with van der Waals surface area (Å²) >= 11 is 0. The van der Waals surface area contributed by atoms with Gasteiger partial charge in [-0.25, -0.2) is 9.18 Å². The Hall–Kier alpha value is -1.42. The second kappa shape index (κ2) is 5.61. The van der Waals surface area contributed by atoms with E-state index in [1.54, 1.807) is 6.07 Å². The second-order valence-corrected chi connectivity index (χ2v) is 3.86. The maximum Gasteiger partial charge on any atom is 0.338 e. The molecule has 0 aliphatic heterocycles. The van der Waals surface area contributed by atoms with Crippen molar-refractivity contribution >= 4 is 5.97 Å². The second-order valence-electron chi connectivity index (χ2n) is 3.86. The summed E-state index contributed by atoms with van der Waals surface area (Å²) in [5.74, 6) is -1.90. The molecule has 16 heavy (non-hydrogen) atoms. The van der Waals surface area contributed by atoms with Gasteiger partial charge in [0.1, 0.15) is 5.82 Å². The van der Waals surface area contributed by atoms with Gasteiger partial charge in [0.15, 0.2) is 0 Å². The van der Waals surface area contributed by atoms with Crippen LogP contribution in [0.3, 0.4) is 0 Å². The highest BCUT2D eigenvalue weighted by Gasteiger charge is 2.10. The fraction of sp³-hybridized carbons (Fsp3) is 0.417. The monoisotopic (exact) mass is 225 g/mol. The average Bonchev–Trinajstić information content (AvgIpc) is 2.17. The highest BCUT2D eigenvalue weighted by atomic mass is 19.1. The zero-order valence-corrected chi connectivity index (χ0v) is 9.53. The van der Waals surface area contributed by atoms with E-state index in [2.05, 4.69) is 11.8 Å². The highest BCUT2D eigenvalue weighted by molar-refractivity contribution is 5.87. The van der Waals surface area contributed by atoms with Crippen molar-refractivity contribution in [2.75, 3.05) is 13.6 Å². The summed E-state index contributed by atoms with van der Waals surface area (Å²) in [6.07, 6.45) is 1.03. The predicted octanol–water partition coefficient (Wildman–Crippen LogP) is 2.37. The Morgan fingerprint density at radius 1 is 1.50 bits per heavy atom. The van der Waals surface area contributed by atoms with Crippen molar-refractivity contribution < 1.29 is 14.3 Å². The lowest BCUT2D eigenvalue weighted by Gasteiger charge is -2.15. The third-order valence-corrected chi connectivity index (χ3v) is 2.32. The Kier molecular flexibility index (Phi) is 4.43. The van der Waals surface area contributed by atoms with E-state index in [0.717, 1.165) is 18.5 Å². The van der Waals surface area contributed by atoms with Gasteiger partial charge >= 0.3 is 5.97 Å². The Balaban J connectivity index is 2.77. The molecule has 88 valence electrons. The van der Waals surface area contributed by atoms with Crippen molar-refractivity contribution in [2.45, 2.75) is 19.9 Å². The van der Waals surface area contributed by atoms with Crippen LogP contribution < -0.4 is 0 Å². The number of aromatic carboxylic acids is 1. The summed E-state index contributed by atoms with van der Waals surface area (Å²) in [5.41, 5.74) is 0.514. The van der Waals surface area contributed by atoms with Gasteiger partial charge in [0.2, 0.25) is 0 Å². The summed E-state index contributed by atoms with van der Waals surface area (Å²) < 4.78 is 13.3. The normalized spacial score (nSPS) is 10.8. The molecule has 0 saturated carbocycles. The van der Waals surface area contributed by atoms with Gasteiger partial charge in [0.25, 0.3) is 0 Å². The van der Waals surface area contributed by atoms with Gasteiger partial charge < -0.3 is 10.0 Å². The maximum absolute atomic E-state index is 13.3. The molecular formula is C12H16FNO2. The average molecular weight is 225 g/mol. The van der Waals surface area contributed by atoms with E-state index in [1.165, 1.54) is 12.1 Å². The minimum absolute atomic E-state index is 0.276. The van der Waals surface area contributed by atoms with E-state index >= 15 is 0 Å². The first kappa shape index (κ1) is 12.6. The molecule has 0 aliphatic rings.